The standard InChI is InChI=1S/C12H11ClN2O3.ClH/c1-5(14)8-4-7(13)2-6-3-9(12(17)18)11(16)15-10(6)8;/h2-5H,14H2,1H3,(H,15,16)(H,17,18);1H. The van der Waals surface area contributed by atoms with Gasteiger partial charge in [-0.15, -0.1) is 12.4 Å². The number of fused-ring (bicyclic) bond motifs is 1. The Morgan fingerprint density at radius 1 is 1.42 bits per heavy atom. The van der Waals surface area contributed by atoms with Crippen molar-refractivity contribution in [2.45, 2.75) is 13.0 Å². The minimum atomic E-state index is -1.28. The third-order valence-corrected chi connectivity index (χ3v) is 2.89. The number of hydrogen-bond acceptors (Lipinski definition) is 3. The van der Waals surface area contributed by atoms with Gasteiger partial charge in [0.2, 0.25) is 0 Å². The summed E-state index contributed by atoms with van der Waals surface area (Å²) in [5, 5.41) is 9.89. The first-order chi connectivity index (χ1) is 8.40. The van der Waals surface area contributed by atoms with E-state index in [2.05, 4.69) is 4.98 Å². The maximum absolute atomic E-state index is 11.6. The monoisotopic (exact) mass is 302 g/mol. The van der Waals surface area contributed by atoms with E-state index in [0.29, 0.717) is 21.5 Å². The van der Waals surface area contributed by atoms with Gasteiger partial charge in [-0.1, -0.05) is 11.6 Å². The number of benzene rings is 1. The Labute approximate surface area is 119 Å². The molecule has 0 amide bonds. The topological polar surface area (TPSA) is 96.2 Å². The molecule has 2 aromatic rings. The molecule has 2 rings (SSSR count). The summed E-state index contributed by atoms with van der Waals surface area (Å²) in [7, 11) is 0. The summed E-state index contributed by atoms with van der Waals surface area (Å²) in [6.07, 6.45) is 0. The molecule has 0 bridgehead atoms. The summed E-state index contributed by atoms with van der Waals surface area (Å²) in [5.41, 5.74) is 6.02. The fourth-order valence-corrected chi connectivity index (χ4v) is 2.06. The van der Waals surface area contributed by atoms with Gasteiger partial charge in [0, 0.05) is 16.5 Å². The molecule has 102 valence electrons. The highest BCUT2D eigenvalue weighted by molar-refractivity contribution is 6.31. The molecule has 1 heterocycles. The molecule has 19 heavy (non-hydrogen) atoms. The van der Waals surface area contributed by atoms with Gasteiger partial charge in [-0.2, -0.15) is 0 Å². The molecule has 0 spiro atoms. The predicted octanol–water partition coefficient (Wildman–Crippen LogP) is 2.32. The van der Waals surface area contributed by atoms with Crippen molar-refractivity contribution < 1.29 is 9.90 Å². The molecular formula is C12H12Cl2N2O3. The van der Waals surface area contributed by atoms with E-state index in [0.717, 1.165) is 0 Å². The summed E-state index contributed by atoms with van der Waals surface area (Å²) in [6.45, 7) is 1.76. The quantitative estimate of drug-likeness (QED) is 0.793. The van der Waals surface area contributed by atoms with Crippen LogP contribution in [-0.2, 0) is 0 Å². The molecule has 0 fully saturated rings. The van der Waals surface area contributed by atoms with Crippen LogP contribution in [0.15, 0.2) is 23.0 Å². The first-order valence-corrected chi connectivity index (χ1v) is 5.63. The lowest BCUT2D eigenvalue weighted by Crippen LogP contribution is -2.18. The van der Waals surface area contributed by atoms with Gasteiger partial charge >= 0.3 is 5.97 Å². The molecule has 0 saturated heterocycles. The first kappa shape index (κ1) is 15.5. The number of nitrogens with one attached hydrogen (secondary N) is 1. The number of rotatable bonds is 2. The summed E-state index contributed by atoms with van der Waals surface area (Å²) in [6, 6.07) is 4.22. The average molecular weight is 303 g/mol. The number of aromatic carboxylic acids is 1. The third-order valence-electron chi connectivity index (χ3n) is 2.67. The maximum atomic E-state index is 11.6. The zero-order chi connectivity index (χ0) is 13.4. The SMILES string of the molecule is CC(N)c1cc(Cl)cc2cc(C(=O)O)c(=O)[nH]c12.Cl. The predicted molar refractivity (Wildman–Crippen MR) is 76.4 cm³/mol. The van der Waals surface area contributed by atoms with Crippen LogP contribution in [0.4, 0.5) is 0 Å². The number of carboxylic acid groups (broad SMARTS) is 1. The highest BCUT2D eigenvalue weighted by atomic mass is 35.5. The van der Waals surface area contributed by atoms with Gasteiger partial charge in [0.05, 0.1) is 5.52 Å². The Kier molecular flexibility index (Phi) is 4.57. The molecule has 0 aliphatic heterocycles. The second-order valence-electron chi connectivity index (χ2n) is 4.07. The van der Waals surface area contributed by atoms with Gasteiger partial charge < -0.3 is 15.8 Å². The fourth-order valence-electron chi connectivity index (χ4n) is 1.83. The molecule has 4 N–H and O–H groups in total. The Hall–Kier alpha value is -1.56. The van der Waals surface area contributed by atoms with Crippen LogP contribution < -0.4 is 11.3 Å². The third kappa shape index (κ3) is 2.89. The number of carbonyl (C=O) groups is 1. The minimum absolute atomic E-state index is 0. The van der Waals surface area contributed by atoms with E-state index in [4.69, 9.17) is 22.4 Å². The van der Waals surface area contributed by atoms with Crippen LogP contribution >= 0.6 is 24.0 Å². The van der Waals surface area contributed by atoms with Gasteiger partial charge in [0.1, 0.15) is 5.56 Å². The molecule has 0 aliphatic rings. The molecule has 0 saturated carbocycles. The highest BCUT2D eigenvalue weighted by Crippen LogP contribution is 2.25. The van der Waals surface area contributed by atoms with Crippen molar-refractivity contribution in [2.24, 2.45) is 5.73 Å². The van der Waals surface area contributed by atoms with E-state index in [-0.39, 0.29) is 24.0 Å². The lowest BCUT2D eigenvalue weighted by molar-refractivity contribution is 0.0695. The Morgan fingerprint density at radius 2 is 2.05 bits per heavy atom. The first-order valence-electron chi connectivity index (χ1n) is 5.25. The normalized spacial score (nSPS) is 11.9. The number of H-pyrrole nitrogens is 1. The van der Waals surface area contributed by atoms with Crippen molar-refractivity contribution in [3.63, 3.8) is 0 Å². The number of halogens is 2. The van der Waals surface area contributed by atoms with Crippen LogP contribution in [0.5, 0.6) is 0 Å². The van der Waals surface area contributed by atoms with Crippen molar-refractivity contribution in [1.29, 1.82) is 0 Å². The largest absolute Gasteiger partial charge is 0.477 e. The van der Waals surface area contributed by atoms with Crippen molar-refractivity contribution in [1.82, 2.24) is 4.98 Å². The summed E-state index contributed by atoms with van der Waals surface area (Å²) in [4.78, 5) is 25.1. The Bertz CT molecular complexity index is 695. The average Bonchev–Trinajstić information content (AvgIpc) is 2.27. The molecule has 7 heteroatoms. The zero-order valence-electron chi connectivity index (χ0n) is 9.94. The van der Waals surface area contributed by atoms with Crippen LogP contribution in [0, 0.1) is 0 Å². The summed E-state index contributed by atoms with van der Waals surface area (Å²) >= 11 is 5.94. The molecule has 0 aliphatic carbocycles. The molecule has 1 unspecified atom stereocenters. The number of carboxylic acids is 1. The van der Waals surface area contributed by atoms with Gasteiger partial charge in [-0.05, 0) is 30.7 Å². The van der Waals surface area contributed by atoms with E-state index in [1.807, 2.05) is 0 Å². The number of aromatic amines is 1. The molecule has 1 aromatic carbocycles. The van der Waals surface area contributed by atoms with Crippen LogP contribution in [0.2, 0.25) is 5.02 Å². The second-order valence-corrected chi connectivity index (χ2v) is 4.50. The van der Waals surface area contributed by atoms with Gasteiger partial charge in [0.25, 0.3) is 5.56 Å². The second kappa shape index (κ2) is 5.61. The number of nitrogens with two attached hydrogens (primary N) is 1. The smallest absolute Gasteiger partial charge is 0.341 e. The van der Waals surface area contributed by atoms with Crippen LogP contribution in [-0.4, -0.2) is 16.1 Å². The van der Waals surface area contributed by atoms with Crippen LogP contribution in [0.25, 0.3) is 10.9 Å². The van der Waals surface area contributed by atoms with Crippen molar-refractivity contribution in [2.75, 3.05) is 0 Å². The maximum Gasteiger partial charge on any atom is 0.341 e. The Balaban J connectivity index is 0.00000180. The van der Waals surface area contributed by atoms with E-state index in [1.54, 1.807) is 19.1 Å². The fraction of sp³-hybridized carbons (Fsp3) is 0.167. The number of pyridine rings is 1. The Morgan fingerprint density at radius 3 is 2.58 bits per heavy atom. The molecule has 0 radical (unpaired) electrons. The molecular weight excluding hydrogens is 291 g/mol. The summed E-state index contributed by atoms with van der Waals surface area (Å²) < 4.78 is 0. The minimum Gasteiger partial charge on any atom is -0.477 e. The molecule has 1 aromatic heterocycles. The lowest BCUT2D eigenvalue weighted by Gasteiger charge is -2.11. The van der Waals surface area contributed by atoms with Gasteiger partial charge in [-0.3, -0.25) is 4.79 Å². The van der Waals surface area contributed by atoms with E-state index in [9.17, 15) is 9.59 Å². The lowest BCUT2D eigenvalue weighted by atomic mass is 10.0. The molecule has 5 nitrogen and oxygen atoms in total. The van der Waals surface area contributed by atoms with E-state index < -0.39 is 11.5 Å². The van der Waals surface area contributed by atoms with Crippen molar-refractivity contribution >= 4 is 40.9 Å². The van der Waals surface area contributed by atoms with Crippen LogP contribution in [0.3, 0.4) is 0 Å². The number of hydrogen-bond donors (Lipinski definition) is 3. The summed E-state index contributed by atoms with van der Waals surface area (Å²) in [5.74, 6) is -1.28. The van der Waals surface area contributed by atoms with Crippen molar-refractivity contribution in [3.05, 3.63) is 44.7 Å². The zero-order valence-corrected chi connectivity index (χ0v) is 11.5. The van der Waals surface area contributed by atoms with Gasteiger partial charge in [0.15, 0.2) is 0 Å². The number of aromatic nitrogens is 1. The highest BCUT2D eigenvalue weighted by Gasteiger charge is 2.14. The van der Waals surface area contributed by atoms with Gasteiger partial charge in [-0.25, -0.2) is 4.79 Å². The van der Waals surface area contributed by atoms with Crippen molar-refractivity contribution in [3.8, 4) is 0 Å². The van der Waals surface area contributed by atoms with E-state index >= 15 is 0 Å². The van der Waals surface area contributed by atoms with Crippen LogP contribution in [0.1, 0.15) is 28.9 Å². The molecule has 1 atom stereocenters. The van der Waals surface area contributed by atoms with E-state index in [1.165, 1.54) is 6.07 Å².